The summed E-state index contributed by atoms with van der Waals surface area (Å²) >= 11 is 0. The van der Waals surface area contributed by atoms with E-state index in [0.717, 1.165) is 83.6 Å². The Kier molecular flexibility index (Phi) is 8.79. The third-order valence-electron chi connectivity index (χ3n) is 12.2. The van der Waals surface area contributed by atoms with E-state index in [-0.39, 0.29) is 0 Å². The molecule has 0 N–H and O–H groups in total. The van der Waals surface area contributed by atoms with Gasteiger partial charge in [-0.05, 0) is 58.5 Å². The first-order chi connectivity index (χ1) is 31.2. The summed E-state index contributed by atoms with van der Waals surface area (Å²) in [5, 5.41) is 5.87. The number of hydrogen-bond acceptors (Lipinski definition) is 3. The van der Waals surface area contributed by atoms with E-state index < -0.39 is 0 Å². The van der Waals surface area contributed by atoms with Crippen molar-refractivity contribution >= 4 is 43.5 Å². The first-order valence-corrected chi connectivity index (χ1v) is 21.4. The molecule has 0 saturated carbocycles. The van der Waals surface area contributed by atoms with E-state index in [0.29, 0.717) is 5.82 Å². The topological polar surface area (TPSA) is 43.6 Å². The van der Waals surface area contributed by atoms with Crippen LogP contribution in [-0.2, 0) is 0 Å². The van der Waals surface area contributed by atoms with Crippen molar-refractivity contribution in [3.05, 3.63) is 231 Å². The van der Waals surface area contributed by atoms with E-state index in [2.05, 4.69) is 205 Å². The standard InChI is InChI=1S/C59H38N4/c1-6-18-41(19-7-1)56-51-37-50-48-28-16-17-29-53(48)63(46-26-14-5-15-27-46)54(50)38-49(51)47-35-34-45(36-52(47)60-56)39-30-32-40(33-31-39)55-57(42-20-8-2-9-21-42)61-59(44-24-12-4-13-25-44)62-58(55)43-22-10-3-11-23-43/h1-38H. The predicted molar refractivity (Wildman–Crippen MR) is 262 cm³/mol. The summed E-state index contributed by atoms with van der Waals surface area (Å²) in [5.74, 6) is 0.696. The van der Waals surface area contributed by atoms with Gasteiger partial charge in [0.25, 0.3) is 0 Å². The van der Waals surface area contributed by atoms with Gasteiger partial charge in [-0.3, -0.25) is 0 Å². The Morgan fingerprint density at radius 3 is 1.40 bits per heavy atom. The maximum atomic E-state index is 5.48. The highest BCUT2D eigenvalue weighted by Crippen LogP contribution is 2.43. The summed E-state index contributed by atoms with van der Waals surface area (Å²) in [7, 11) is 0. The molecule has 12 aromatic rings. The molecule has 0 unspecified atom stereocenters. The van der Waals surface area contributed by atoms with Crippen molar-refractivity contribution in [3.8, 4) is 73.1 Å². The van der Waals surface area contributed by atoms with Crippen molar-refractivity contribution in [2.45, 2.75) is 0 Å². The van der Waals surface area contributed by atoms with Gasteiger partial charge in [0.15, 0.2) is 5.82 Å². The van der Waals surface area contributed by atoms with Gasteiger partial charge in [0.05, 0.1) is 33.6 Å². The van der Waals surface area contributed by atoms with Crippen LogP contribution < -0.4 is 0 Å². The number of pyridine rings is 1. The first kappa shape index (κ1) is 36.4. The molecule has 4 heteroatoms. The molecule has 0 radical (unpaired) electrons. The van der Waals surface area contributed by atoms with E-state index in [9.17, 15) is 0 Å². The van der Waals surface area contributed by atoms with E-state index in [1.165, 1.54) is 27.2 Å². The lowest BCUT2D eigenvalue weighted by Gasteiger charge is -2.17. The number of rotatable bonds is 7. The molecule has 3 aromatic heterocycles. The van der Waals surface area contributed by atoms with Crippen molar-refractivity contribution in [2.24, 2.45) is 0 Å². The van der Waals surface area contributed by atoms with Gasteiger partial charge >= 0.3 is 0 Å². The Balaban J connectivity index is 1.04. The normalized spacial score (nSPS) is 11.5. The summed E-state index contributed by atoms with van der Waals surface area (Å²) in [6.07, 6.45) is 0. The van der Waals surface area contributed by atoms with Gasteiger partial charge in [-0.25, -0.2) is 15.0 Å². The number of benzene rings is 9. The highest BCUT2D eigenvalue weighted by atomic mass is 15.0. The maximum Gasteiger partial charge on any atom is 0.160 e. The molecule has 0 aliphatic carbocycles. The number of aromatic nitrogens is 4. The number of nitrogens with zero attached hydrogens (tertiary/aromatic N) is 4. The van der Waals surface area contributed by atoms with Gasteiger partial charge in [0, 0.05) is 55.0 Å². The second-order valence-electron chi connectivity index (χ2n) is 16.0. The molecule has 4 nitrogen and oxygen atoms in total. The zero-order chi connectivity index (χ0) is 41.7. The van der Waals surface area contributed by atoms with Crippen LogP contribution in [0.2, 0.25) is 0 Å². The van der Waals surface area contributed by atoms with Gasteiger partial charge in [-0.2, -0.15) is 0 Å². The van der Waals surface area contributed by atoms with Crippen LogP contribution in [-0.4, -0.2) is 19.5 Å². The van der Waals surface area contributed by atoms with Gasteiger partial charge in [0.2, 0.25) is 0 Å². The quantitative estimate of drug-likeness (QED) is 0.151. The zero-order valence-electron chi connectivity index (χ0n) is 34.2. The zero-order valence-corrected chi connectivity index (χ0v) is 34.2. The van der Waals surface area contributed by atoms with E-state index in [4.69, 9.17) is 15.0 Å². The monoisotopic (exact) mass is 802 g/mol. The van der Waals surface area contributed by atoms with Crippen LogP contribution in [0.15, 0.2) is 231 Å². The highest BCUT2D eigenvalue weighted by molar-refractivity contribution is 6.20. The average molecular weight is 803 g/mol. The summed E-state index contributed by atoms with van der Waals surface area (Å²) in [5.41, 5.74) is 15.6. The molecule has 0 saturated heterocycles. The third kappa shape index (κ3) is 6.36. The molecule has 294 valence electrons. The number of para-hydroxylation sites is 2. The van der Waals surface area contributed by atoms with Gasteiger partial charge in [-0.1, -0.05) is 194 Å². The van der Waals surface area contributed by atoms with Crippen LogP contribution in [0.5, 0.6) is 0 Å². The molecule has 9 aromatic carbocycles. The summed E-state index contributed by atoms with van der Waals surface area (Å²) in [6, 6.07) is 81.4. The molecule has 63 heavy (non-hydrogen) atoms. The molecule has 0 spiro atoms. The third-order valence-corrected chi connectivity index (χ3v) is 12.2. The largest absolute Gasteiger partial charge is 0.309 e. The van der Waals surface area contributed by atoms with Crippen molar-refractivity contribution in [3.63, 3.8) is 0 Å². The molecule has 0 fully saturated rings. The molecular formula is C59H38N4. The fourth-order valence-corrected chi connectivity index (χ4v) is 9.21. The van der Waals surface area contributed by atoms with Crippen LogP contribution >= 0.6 is 0 Å². The Morgan fingerprint density at radius 1 is 0.270 bits per heavy atom. The Morgan fingerprint density at radius 2 is 0.778 bits per heavy atom. The van der Waals surface area contributed by atoms with Crippen molar-refractivity contribution in [1.29, 1.82) is 0 Å². The highest BCUT2D eigenvalue weighted by Gasteiger charge is 2.21. The van der Waals surface area contributed by atoms with Gasteiger partial charge < -0.3 is 4.57 Å². The van der Waals surface area contributed by atoms with Crippen LogP contribution in [0.1, 0.15) is 0 Å². The Bertz CT molecular complexity index is 3560. The minimum absolute atomic E-state index is 0.696. The van der Waals surface area contributed by atoms with Gasteiger partial charge in [-0.15, -0.1) is 0 Å². The van der Waals surface area contributed by atoms with Crippen molar-refractivity contribution < 1.29 is 0 Å². The molecule has 0 atom stereocenters. The van der Waals surface area contributed by atoms with E-state index in [1.807, 2.05) is 30.3 Å². The second-order valence-corrected chi connectivity index (χ2v) is 16.0. The molecule has 0 aliphatic heterocycles. The summed E-state index contributed by atoms with van der Waals surface area (Å²) < 4.78 is 2.39. The SMILES string of the molecule is c1ccc(-c2nc(-c3ccccc3)c(-c3ccc(-c4ccc5c(c4)nc(-c4ccccc4)c4cc6c7ccccc7n(-c7ccccc7)c6cc45)cc3)c(-c3ccccc3)n2)cc1. The Hall–Kier alpha value is -8.47. The van der Waals surface area contributed by atoms with Crippen molar-refractivity contribution in [2.75, 3.05) is 0 Å². The minimum Gasteiger partial charge on any atom is -0.309 e. The average Bonchev–Trinajstić information content (AvgIpc) is 3.69. The molecule has 0 aliphatic rings. The molecule has 0 amide bonds. The Labute approximate surface area is 365 Å². The van der Waals surface area contributed by atoms with Crippen LogP contribution in [0.25, 0.3) is 117 Å². The first-order valence-electron chi connectivity index (χ1n) is 21.4. The molecule has 12 rings (SSSR count). The smallest absolute Gasteiger partial charge is 0.160 e. The lowest BCUT2D eigenvalue weighted by Crippen LogP contribution is -2.00. The summed E-state index contributed by atoms with van der Waals surface area (Å²) in [4.78, 5) is 16.0. The predicted octanol–water partition coefficient (Wildman–Crippen LogP) is 15.3. The minimum atomic E-state index is 0.696. The van der Waals surface area contributed by atoms with Gasteiger partial charge in [0.1, 0.15) is 0 Å². The van der Waals surface area contributed by atoms with Crippen LogP contribution in [0.3, 0.4) is 0 Å². The molecule has 0 bridgehead atoms. The lowest BCUT2D eigenvalue weighted by molar-refractivity contribution is 1.18. The lowest BCUT2D eigenvalue weighted by atomic mass is 9.92. The number of fused-ring (bicyclic) bond motifs is 6. The van der Waals surface area contributed by atoms with Crippen LogP contribution in [0, 0.1) is 0 Å². The molecule has 3 heterocycles. The number of hydrogen-bond donors (Lipinski definition) is 0. The second kappa shape index (κ2) is 15.2. The van der Waals surface area contributed by atoms with E-state index >= 15 is 0 Å². The maximum absolute atomic E-state index is 5.48. The fraction of sp³-hybridized carbons (Fsp3) is 0. The fourth-order valence-electron chi connectivity index (χ4n) is 9.21. The summed E-state index contributed by atoms with van der Waals surface area (Å²) in [6.45, 7) is 0. The van der Waals surface area contributed by atoms with E-state index in [1.54, 1.807) is 0 Å². The van der Waals surface area contributed by atoms with Crippen molar-refractivity contribution in [1.82, 2.24) is 19.5 Å². The molecular weight excluding hydrogens is 765 g/mol. The van der Waals surface area contributed by atoms with Crippen LogP contribution in [0.4, 0.5) is 0 Å².